The minimum absolute atomic E-state index is 0.182. The van der Waals surface area contributed by atoms with Gasteiger partial charge in [0, 0.05) is 5.35 Å². The van der Waals surface area contributed by atoms with Crippen LogP contribution >= 0.6 is 0 Å². The maximum atomic E-state index is 12.1. The summed E-state index contributed by atoms with van der Waals surface area (Å²) in [7, 11) is 1.48. The molecule has 3 heteroatoms. The Hall–Kier alpha value is -2.29. The van der Waals surface area contributed by atoms with Crippen LogP contribution in [0.5, 0.6) is 5.75 Å². The molecule has 0 fully saturated rings. The summed E-state index contributed by atoms with van der Waals surface area (Å²) in [5.74, 6) is 0.295. The third-order valence-corrected chi connectivity index (χ3v) is 2.86. The zero-order valence-corrected chi connectivity index (χ0v) is 10.3. The highest BCUT2D eigenvalue weighted by atomic mass is 16.5. The molecule has 0 saturated heterocycles. The molecule has 2 rings (SSSR count). The number of methoxy groups -OCH3 is 1. The molecule has 1 heterocycles. The number of hydrogen-bond donors (Lipinski definition) is 0. The lowest BCUT2D eigenvalue weighted by molar-refractivity contribution is 0.402. The first-order valence-electron chi connectivity index (χ1n) is 5.63. The van der Waals surface area contributed by atoms with E-state index in [2.05, 4.69) is 13.2 Å². The fourth-order valence-corrected chi connectivity index (χ4v) is 1.81. The van der Waals surface area contributed by atoms with E-state index in [1.54, 1.807) is 10.6 Å². The third-order valence-electron chi connectivity index (χ3n) is 2.86. The Morgan fingerprint density at radius 1 is 1.22 bits per heavy atom. The van der Waals surface area contributed by atoms with Crippen LogP contribution in [0, 0.1) is 0 Å². The highest BCUT2D eigenvalue weighted by Gasteiger charge is 2.06. The zero-order chi connectivity index (χ0) is 13.1. The number of hydrogen-bond acceptors (Lipinski definition) is 2. The van der Waals surface area contributed by atoms with Crippen molar-refractivity contribution in [3.8, 4) is 5.75 Å². The molecule has 1 aromatic heterocycles. The van der Waals surface area contributed by atoms with Crippen LogP contribution in [-0.2, 0) is 6.54 Å². The fraction of sp³-hybridized carbons (Fsp3) is 0.133. The summed E-state index contributed by atoms with van der Waals surface area (Å²) in [6.07, 6.45) is 0. The molecule has 18 heavy (non-hydrogen) atoms. The van der Waals surface area contributed by atoms with Crippen molar-refractivity contribution in [2.75, 3.05) is 7.11 Å². The number of aromatic nitrogens is 1. The van der Waals surface area contributed by atoms with E-state index in [9.17, 15) is 4.79 Å². The van der Waals surface area contributed by atoms with Crippen molar-refractivity contribution in [2.24, 2.45) is 0 Å². The Morgan fingerprint density at radius 3 is 2.50 bits per heavy atom. The van der Waals surface area contributed by atoms with E-state index in [-0.39, 0.29) is 5.56 Å². The monoisotopic (exact) mass is 241 g/mol. The van der Waals surface area contributed by atoms with E-state index < -0.39 is 0 Å². The highest BCUT2D eigenvalue weighted by molar-refractivity contribution is 5.25. The lowest BCUT2D eigenvalue weighted by Crippen LogP contribution is -2.42. The predicted molar refractivity (Wildman–Crippen MR) is 73.1 cm³/mol. The van der Waals surface area contributed by atoms with Crippen molar-refractivity contribution < 1.29 is 4.74 Å². The van der Waals surface area contributed by atoms with Gasteiger partial charge in [0.05, 0.1) is 13.7 Å². The van der Waals surface area contributed by atoms with Crippen molar-refractivity contribution in [3.05, 3.63) is 62.9 Å². The van der Waals surface area contributed by atoms with Gasteiger partial charge in [-0.15, -0.1) is 0 Å². The molecule has 0 aliphatic heterocycles. The SMILES string of the molecule is C=c1cc(OC)c(=O)n(Cc2ccccc2)c1=C. The molecule has 3 nitrogen and oxygen atoms in total. The Morgan fingerprint density at radius 2 is 1.89 bits per heavy atom. The van der Waals surface area contributed by atoms with E-state index in [1.807, 2.05) is 30.3 Å². The summed E-state index contributed by atoms with van der Waals surface area (Å²) in [6, 6.07) is 11.4. The standard InChI is InChI=1S/C15H15NO2/c1-11-9-14(18-3)15(17)16(12(11)2)10-13-7-5-4-6-8-13/h4-9H,1-2,10H2,3H3. The molecule has 0 N–H and O–H groups in total. The van der Waals surface area contributed by atoms with Crippen molar-refractivity contribution in [3.63, 3.8) is 0 Å². The third kappa shape index (κ3) is 2.20. The number of nitrogens with zero attached hydrogens (tertiary/aromatic N) is 1. The number of ether oxygens (including phenoxy) is 1. The van der Waals surface area contributed by atoms with Gasteiger partial charge < -0.3 is 9.30 Å². The van der Waals surface area contributed by atoms with Gasteiger partial charge in [-0.25, -0.2) is 0 Å². The van der Waals surface area contributed by atoms with E-state index in [0.717, 1.165) is 5.56 Å². The average molecular weight is 241 g/mol. The van der Waals surface area contributed by atoms with E-state index in [1.165, 1.54) is 7.11 Å². The maximum Gasteiger partial charge on any atom is 0.293 e. The van der Waals surface area contributed by atoms with Gasteiger partial charge in [-0.05, 0) is 16.8 Å². The second-order valence-corrected chi connectivity index (χ2v) is 4.06. The number of pyridine rings is 1. The molecular weight excluding hydrogens is 226 g/mol. The van der Waals surface area contributed by atoms with Gasteiger partial charge in [0.15, 0.2) is 5.75 Å². The number of rotatable bonds is 3. The van der Waals surface area contributed by atoms with Crippen LogP contribution in [0.3, 0.4) is 0 Å². The Kier molecular flexibility index (Phi) is 3.33. The minimum atomic E-state index is -0.182. The van der Waals surface area contributed by atoms with Crippen LogP contribution in [0.1, 0.15) is 5.56 Å². The molecule has 0 aliphatic carbocycles. The van der Waals surface area contributed by atoms with Crippen LogP contribution < -0.4 is 20.9 Å². The van der Waals surface area contributed by atoms with Gasteiger partial charge in [-0.1, -0.05) is 43.5 Å². The molecule has 92 valence electrons. The van der Waals surface area contributed by atoms with E-state index >= 15 is 0 Å². The van der Waals surface area contributed by atoms with Gasteiger partial charge in [0.2, 0.25) is 0 Å². The average Bonchev–Trinajstić information content (AvgIpc) is 2.40. The second-order valence-electron chi connectivity index (χ2n) is 4.06. The first-order valence-corrected chi connectivity index (χ1v) is 5.63. The molecule has 1 aromatic carbocycles. The summed E-state index contributed by atoms with van der Waals surface area (Å²) in [6.45, 7) is 8.24. The highest BCUT2D eigenvalue weighted by Crippen LogP contribution is 2.00. The smallest absolute Gasteiger partial charge is 0.293 e. The van der Waals surface area contributed by atoms with Gasteiger partial charge in [-0.2, -0.15) is 0 Å². The lowest BCUT2D eigenvalue weighted by Gasteiger charge is -2.09. The van der Waals surface area contributed by atoms with E-state index in [0.29, 0.717) is 22.9 Å². The molecule has 2 aromatic rings. The zero-order valence-electron chi connectivity index (χ0n) is 10.3. The molecule has 0 bridgehead atoms. The Balaban J connectivity index is 2.58. The quantitative estimate of drug-likeness (QED) is 0.793. The van der Waals surface area contributed by atoms with Crippen LogP contribution in [0.25, 0.3) is 13.2 Å². The molecule has 0 atom stereocenters. The molecule has 0 aliphatic rings. The normalized spacial score (nSPS) is 10.3. The second kappa shape index (κ2) is 4.92. The largest absolute Gasteiger partial charge is 0.491 e. The topological polar surface area (TPSA) is 31.2 Å². The van der Waals surface area contributed by atoms with Gasteiger partial charge in [-0.3, -0.25) is 4.79 Å². The predicted octanol–water partition coefficient (Wildman–Crippen LogP) is 0.726. The number of benzene rings is 1. The Bertz CT molecular complexity index is 702. The van der Waals surface area contributed by atoms with Gasteiger partial charge >= 0.3 is 0 Å². The van der Waals surface area contributed by atoms with Crippen LogP contribution in [0.15, 0.2) is 41.2 Å². The molecule has 0 saturated carbocycles. The van der Waals surface area contributed by atoms with Crippen molar-refractivity contribution in [1.82, 2.24) is 4.57 Å². The van der Waals surface area contributed by atoms with Crippen molar-refractivity contribution >= 4 is 13.2 Å². The van der Waals surface area contributed by atoms with Crippen LogP contribution in [-0.4, -0.2) is 11.7 Å². The summed E-state index contributed by atoms with van der Waals surface area (Å²) >= 11 is 0. The first-order chi connectivity index (χ1) is 8.63. The molecule has 0 amide bonds. The molecule has 0 spiro atoms. The summed E-state index contributed by atoms with van der Waals surface area (Å²) in [4.78, 5) is 12.1. The maximum absolute atomic E-state index is 12.1. The van der Waals surface area contributed by atoms with Crippen molar-refractivity contribution in [2.45, 2.75) is 6.54 Å². The summed E-state index contributed by atoms with van der Waals surface area (Å²) in [5.41, 5.74) is 0.857. The fourth-order valence-electron chi connectivity index (χ4n) is 1.81. The molecule has 0 unspecified atom stereocenters. The van der Waals surface area contributed by atoms with Crippen LogP contribution in [0.2, 0.25) is 0 Å². The van der Waals surface area contributed by atoms with Gasteiger partial charge in [0.1, 0.15) is 0 Å². The Labute approximate surface area is 105 Å². The van der Waals surface area contributed by atoms with Crippen LogP contribution in [0.4, 0.5) is 0 Å². The summed E-state index contributed by atoms with van der Waals surface area (Å²) < 4.78 is 6.64. The molecule has 0 radical (unpaired) electrons. The lowest BCUT2D eigenvalue weighted by atomic mass is 10.2. The summed E-state index contributed by atoms with van der Waals surface area (Å²) in [5, 5.41) is 1.31. The van der Waals surface area contributed by atoms with Crippen molar-refractivity contribution in [1.29, 1.82) is 0 Å². The minimum Gasteiger partial charge on any atom is -0.491 e. The molecular formula is C15H15NO2. The van der Waals surface area contributed by atoms with Gasteiger partial charge in [0.25, 0.3) is 5.56 Å². The van der Waals surface area contributed by atoms with E-state index in [4.69, 9.17) is 4.74 Å². The first kappa shape index (κ1) is 12.2.